The van der Waals surface area contributed by atoms with E-state index in [9.17, 15) is 9.18 Å². The number of hydrogen-bond acceptors (Lipinski definition) is 4. The first-order valence-electron chi connectivity index (χ1n) is 10.7. The maximum absolute atomic E-state index is 13.7. The average molecular weight is 425 g/mol. The molecule has 1 amide bonds. The minimum atomic E-state index is -0.507. The summed E-state index contributed by atoms with van der Waals surface area (Å²) in [4.78, 5) is 19.2. The highest BCUT2D eigenvalue weighted by Gasteiger charge is 2.26. The van der Waals surface area contributed by atoms with Gasteiger partial charge in [-0.3, -0.25) is 0 Å². The van der Waals surface area contributed by atoms with Crippen LogP contribution in [-0.2, 0) is 11.3 Å². The lowest BCUT2D eigenvalue weighted by molar-refractivity contribution is 0.0497. The van der Waals surface area contributed by atoms with Crippen molar-refractivity contribution in [2.45, 2.75) is 51.8 Å². The molecule has 1 aliphatic heterocycles. The van der Waals surface area contributed by atoms with E-state index in [1.54, 1.807) is 12.1 Å². The second kappa shape index (κ2) is 8.57. The van der Waals surface area contributed by atoms with Gasteiger partial charge in [-0.15, -0.1) is 0 Å². The molecule has 2 heterocycles. The molecule has 0 atom stereocenters. The number of ether oxygens (including phenoxy) is 1. The van der Waals surface area contributed by atoms with Gasteiger partial charge in [0, 0.05) is 19.1 Å². The SMILES string of the molecule is CC(C)(C)OC(=O)NC1CCN(c2nc3ccccc3n2Cc2cccc(F)c2)CC1. The van der Waals surface area contributed by atoms with Crippen LogP contribution in [-0.4, -0.2) is 40.4 Å². The van der Waals surface area contributed by atoms with Crippen molar-refractivity contribution < 1.29 is 13.9 Å². The van der Waals surface area contributed by atoms with Gasteiger partial charge in [-0.1, -0.05) is 24.3 Å². The number of rotatable bonds is 4. The molecule has 7 heteroatoms. The van der Waals surface area contributed by atoms with Crippen LogP contribution in [0.1, 0.15) is 39.2 Å². The summed E-state index contributed by atoms with van der Waals surface area (Å²) < 4.78 is 21.3. The Morgan fingerprint density at radius 3 is 2.61 bits per heavy atom. The molecule has 1 N–H and O–H groups in total. The van der Waals surface area contributed by atoms with Crippen molar-refractivity contribution in [1.29, 1.82) is 0 Å². The highest BCUT2D eigenvalue weighted by molar-refractivity contribution is 5.79. The minimum absolute atomic E-state index is 0.0761. The quantitative estimate of drug-likeness (QED) is 0.659. The summed E-state index contributed by atoms with van der Waals surface area (Å²) in [6, 6.07) is 14.8. The number of alkyl carbamates (subject to hydrolysis) is 1. The third-order valence-electron chi connectivity index (χ3n) is 5.36. The molecule has 3 aromatic rings. The minimum Gasteiger partial charge on any atom is -0.444 e. The van der Waals surface area contributed by atoms with E-state index >= 15 is 0 Å². The normalized spacial score (nSPS) is 15.3. The molecule has 0 aliphatic carbocycles. The van der Waals surface area contributed by atoms with Crippen LogP contribution in [0.4, 0.5) is 15.1 Å². The molecular formula is C24H29FN4O2. The van der Waals surface area contributed by atoms with E-state index in [0.29, 0.717) is 6.54 Å². The molecule has 6 nitrogen and oxygen atoms in total. The summed E-state index contributed by atoms with van der Waals surface area (Å²) in [7, 11) is 0. The van der Waals surface area contributed by atoms with Crippen LogP contribution < -0.4 is 10.2 Å². The number of piperidine rings is 1. The van der Waals surface area contributed by atoms with Gasteiger partial charge in [-0.05, 0) is 63.4 Å². The van der Waals surface area contributed by atoms with E-state index in [1.807, 2.05) is 51.1 Å². The Bertz CT molecular complexity index is 1060. The van der Waals surface area contributed by atoms with Gasteiger partial charge in [0.15, 0.2) is 0 Å². The number of para-hydroxylation sites is 2. The van der Waals surface area contributed by atoms with Crippen molar-refractivity contribution in [2.24, 2.45) is 0 Å². The molecule has 0 bridgehead atoms. The van der Waals surface area contributed by atoms with Crippen LogP contribution in [0.3, 0.4) is 0 Å². The van der Waals surface area contributed by atoms with Gasteiger partial charge in [0.2, 0.25) is 5.95 Å². The van der Waals surface area contributed by atoms with Crippen molar-refractivity contribution in [3.05, 3.63) is 59.9 Å². The molecule has 0 radical (unpaired) electrons. The molecule has 1 fully saturated rings. The fourth-order valence-electron chi connectivity index (χ4n) is 3.98. The van der Waals surface area contributed by atoms with Crippen LogP contribution in [0.2, 0.25) is 0 Å². The van der Waals surface area contributed by atoms with Gasteiger partial charge >= 0.3 is 6.09 Å². The van der Waals surface area contributed by atoms with Crippen molar-refractivity contribution in [1.82, 2.24) is 14.9 Å². The highest BCUT2D eigenvalue weighted by Crippen LogP contribution is 2.26. The molecule has 0 unspecified atom stereocenters. The Kier molecular flexibility index (Phi) is 5.85. The number of benzene rings is 2. The third-order valence-corrected chi connectivity index (χ3v) is 5.36. The van der Waals surface area contributed by atoms with Crippen LogP contribution in [0, 0.1) is 5.82 Å². The number of halogens is 1. The predicted octanol–water partition coefficient (Wildman–Crippen LogP) is 4.72. The predicted molar refractivity (Wildman–Crippen MR) is 120 cm³/mol. The van der Waals surface area contributed by atoms with Gasteiger partial charge in [0.05, 0.1) is 17.6 Å². The van der Waals surface area contributed by atoms with E-state index in [1.165, 1.54) is 6.07 Å². The van der Waals surface area contributed by atoms with Crippen molar-refractivity contribution >= 4 is 23.1 Å². The summed E-state index contributed by atoms with van der Waals surface area (Å²) in [6.45, 7) is 7.67. The highest BCUT2D eigenvalue weighted by atomic mass is 19.1. The molecule has 0 saturated carbocycles. The standard InChI is InChI=1S/C24H29FN4O2/c1-24(2,3)31-23(30)26-19-11-13-28(14-12-19)22-27-20-9-4-5-10-21(20)29(22)16-17-7-6-8-18(25)15-17/h4-10,15,19H,11-14,16H2,1-3H3,(H,26,30). The maximum Gasteiger partial charge on any atom is 0.407 e. The van der Waals surface area contributed by atoms with Crippen LogP contribution in [0.25, 0.3) is 11.0 Å². The first-order chi connectivity index (χ1) is 14.8. The van der Waals surface area contributed by atoms with Gasteiger partial charge < -0.3 is 19.5 Å². The van der Waals surface area contributed by atoms with Gasteiger partial charge in [0.1, 0.15) is 11.4 Å². The van der Waals surface area contributed by atoms with Crippen molar-refractivity contribution in [3.63, 3.8) is 0 Å². The Hall–Kier alpha value is -3.09. The maximum atomic E-state index is 13.7. The number of anilines is 1. The average Bonchev–Trinajstić information content (AvgIpc) is 3.06. The Balaban J connectivity index is 1.50. The molecule has 0 spiro atoms. The Labute approximate surface area is 182 Å². The first-order valence-corrected chi connectivity index (χ1v) is 10.7. The molecule has 1 saturated heterocycles. The van der Waals surface area contributed by atoms with E-state index in [2.05, 4.69) is 14.8 Å². The smallest absolute Gasteiger partial charge is 0.407 e. The number of carbonyl (C=O) groups excluding carboxylic acids is 1. The fourth-order valence-corrected chi connectivity index (χ4v) is 3.98. The van der Waals surface area contributed by atoms with E-state index in [0.717, 1.165) is 48.5 Å². The topological polar surface area (TPSA) is 59.4 Å². The molecular weight excluding hydrogens is 395 g/mol. The summed E-state index contributed by atoms with van der Waals surface area (Å²) in [5.74, 6) is 0.638. The molecule has 1 aliphatic rings. The lowest BCUT2D eigenvalue weighted by atomic mass is 10.1. The molecule has 2 aromatic carbocycles. The first kappa shape index (κ1) is 21.2. The number of amides is 1. The van der Waals surface area contributed by atoms with Gasteiger partial charge in [-0.25, -0.2) is 14.2 Å². The van der Waals surface area contributed by atoms with Gasteiger partial charge in [0.25, 0.3) is 0 Å². The summed E-state index contributed by atoms with van der Waals surface area (Å²) in [5.41, 5.74) is 2.33. The van der Waals surface area contributed by atoms with Crippen molar-refractivity contribution in [3.8, 4) is 0 Å². The lowest BCUT2D eigenvalue weighted by Crippen LogP contribution is -2.46. The van der Waals surface area contributed by atoms with E-state index < -0.39 is 5.60 Å². The zero-order chi connectivity index (χ0) is 22.0. The molecule has 31 heavy (non-hydrogen) atoms. The number of imidazole rings is 1. The van der Waals surface area contributed by atoms with Crippen LogP contribution >= 0.6 is 0 Å². The van der Waals surface area contributed by atoms with Crippen LogP contribution in [0.5, 0.6) is 0 Å². The zero-order valence-electron chi connectivity index (χ0n) is 18.3. The summed E-state index contributed by atoms with van der Waals surface area (Å²) >= 11 is 0. The van der Waals surface area contributed by atoms with Crippen molar-refractivity contribution in [2.75, 3.05) is 18.0 Å². The van der Waals surface area contributed by atoms with Gasteiger partial charge in [-0.2, -0.15) is 0 Å². The number of nitrogens with zero attached hydrogens (tertiary/aromatic N) is 3. The zero-order valence-corrected chi connectivity index (χ0v) is 18.3. The molecule has 1 aromatic heterocycles. The Morgan fingerprint density at radius 2 is 1.90 bits per heavy atom. The Morgan fingerprint density at radius 1 is 1.16 bits per heavy atom. The molecule has 4 rings (SSSR count). The number of hydrogen-bond donors (Lipinski definition) is 1. The number of aromatic nitrogens is 2. The van der Waals surface area contributed by atoms with E-state index in [4.69, 9.17) is 9.72 Å². The largest absolute Gasteiger partial charge is 0.444 e. The van der Waals surface area contributed by atoms with Crippen LogP contribution in [0.15, 0.2) is 48.5 Å². The summed E-state index contributed by atoms with van der Waals surface area (Å²) in [6.07, 6.45) is 1.24. The number of carbonyl (C=O) groups is 1. The second-order valence-corrected chi connectivity index (χ2v) is 9.02. The van der Waals surface area contributed by atoms with E-state index in [-0.39, 0.29) is 18.0 Å². The number of fused-ring (bicyclic) bond motifs is 1. The third kappa shape index (κ3) is 5.16. The number of nitrogens with one attached hydrogen (secondary N) is 1. The summed E-state index contributed by atoms with van der Waals surface area (Å²) in [5, 5.41) is 2.98. The second-order valence-electron chi connectivity index (χ2n) is 9.02. The monoisotopic (exact) mass is 424 g/mol. The lowest BCUT2D eigenvalue weighted by Gasteiger charge is -2.33. The fraction of sp³-hybridized carbons (Fsp3) is 0.417. The molecule has 164 valence electrons.